The summed E-state index contributed by atoms with van der Waals surface area (Å²) in [5.41, 5.74) is 0.788. The predicted octanol–water partition coefficient (Wildman–Crippen LogP) is 2.71. The van der Waals surface area contributed by atoms with Gasteiger partial charge in [0.1, 0.15) is 0 Å². The summed E-state index contributed by atoms with van der Waals surface area (Å²) >= 11 is 7.99. The molecule has 0 heterocycles. The standard InChI is InChI=1S/C8H7ClINO2/c9-7-2-1-6(10)3-5(7)4-11-8(12)13/h1-3,11H,4H2,(H,12,13). The second kappa shape index (κ2) is 4.66. The van der Waals surface area contributed by atoms with E-state index in [-0.39, 0.29) is 6.54 Å². The molecule has 2 N–H and O–H groups in total. The largest absolute Gasteiger partial charge is 0.465 e. The SMILES string of the molecule is O=C(O)NCc1cc(I)ccc1Cl. The summed E-state index contributed by atoms with van der Waals surface area (Å²) in [4.78, 5) is 10.2. The zero-order valence-electron chi connectivity index (χ0n) is 6.55. The second-order valence-corrected chi connectivity index (χ2v) is 4.05. The molecule has 1 aromatic rings. The zero-order chi connectivity index (χ0) is 9.84. The van der Waals surface area contributed by atoms with Crippen LogP contribution in [-0.4, -0.2) is 11.2 Å². The molecule has 3 nitrogen and oxygen atoms in total. The summed E-state index contributed by atoms with van der Waals surface area (Å²) in [6, 6.07) is 5.47. The van der Waals surface area contributed by atoms with Gasteiger partial charge in [0.15, 0.2) is 0 Å². The van der Waals surface area contributed by atoms with Crippen molar-refractivity contribution in [2.24, 2.45) is 0 Å². The van der Waals surface area contributed by atoms with Crippen LogP contribution in [0.1, 0.15) is 5.56 Å². The fraction of sp³-hybridized carbons (Fsp3) is 0.125. The monoisotopic (exact) mass is 311 g/mol. The van der Waals surface area contributed by atoms with E-state index in [4.69, 9.17) is 16.7 Å². The van der Waals surface area contributed by atoms with Gasteiger partial charge in [-0.15, -0.1) is 0 Å². The molecule has 0 saturated carbocycles. The number of carbonyl (C=O) groups is 1. The maximum absolute atomic E-state index is 10.2. The highest BCUT2D eigenvalue weighted by atomic mass is 127. The molecule has 0 aliphatic rings. The Morgan fingerprint density at radius 1 is 1.62 bits per heavy atom. The van der Waals surface area contributed by atoms with Crippen LogP contribution in [0.3, 0.4) is 0 Å². The van der Waals surface area contributed by atoms with Crippen LogP contribution in [0.5, 0.6) is 0 Å². The summed E-state index contributed by atoms with van der Waals surface area (Å²) < 4.78 is 1.03. The molecule has 70 valence electrons. The van der Waals surface area contributed by atoms with Gasteiger partial charge in [-0.3, -0.25) is 0 Å². The van der Waals surface area contributed by atoms with E-state index >= 15 is 0 Å². The Bertz CT molecular complexity index is 330. The molecule has 0 bridgehead atoms. The summed E-state index contributed by atoms with van der Waals surface area (Å²) in [6.45, 7) is 0.241. The molecule has 0 aromatic heterocycles. The quantitative estimate of drug-likeness (QED) is 0.825. The molecule has 13 heavy (non-hydrogen) atoms. The molecule has 0 aliphatic heterocycles. The number of halogens is 2. The molecule has 0 atom stereocenters. The normalized spacial score (nSPS) is 9.69. The Hall–Kier alpha value is -0.490. The topological polar surface area (TPSA) is 49.3 Å². The van der Waals surface area contributed by atoms with E-state index in [0.29, 0.717) is 5.02 Å². The molecule has 0 aliphatic carbocycles. The van der Waals surface area contributed by atoms with Crippen LogP contribution in [-0.2, 0) is 6.54 Å². The third-order valence-corrected chi connectivity index (χ3v) is 2.48. The minimum absolute atomic E-state index is 0.241. The number of rotatable bonds is 2. The lowest BCUT2D eigenvalue weighted by Gasteiger charge is -2.04. The third kappa shape index (κ3) is 3.40. The molecule has 1 rings (SSSR count). The highest BCUT2D eigenvalue weighted by Gasteiger charge is 2.02. The van der Waals surface area contributed by atoms with Crippen LogP contribution in [0, 0.1) is 3.57 Å². The smallest absolute Gasteiger partial charge is 0.404 e. The first-order valence-electron chi connectivity index (χ1n) is 3.50. The summed E-state index contributed by atoms with van der Waals surface area (Å²) in [5.74, 6) is 0. The Kier molecular flexibility index (Phi) is 3.80. The number of benzene rings is 1. The van der Waals surface area contributed by atoms with E-state index in [1.807, 2.05) is 12.1 Å². The van der Waals surface area contributed by atoms with E-state index < -0.39 is 6.09 Å². The summed E-state index contributed by atoms with van der Waals surface area (Å²) in [5, 5.41) is 11.2. The van der Waals surface area contributed by atoms with Gasteiger partial charge in [0, 0.05) is 15.1 Å². The van der Waals surface area contributed by atoms with Crippen molar-refractivity contribution < 1.29 is 9.90 Å². The highest BCUT2D eigenvalue weighted by molar-refractivity contribution is 14.1. The predicted molar refractivity (Wildman–Crippen MR) is 59.0 cm³/mol. The van der Waals surface area contributed by atoms with Gasteiger partial charge < -0.3 is 10.4 Å². The van der Waals surface area contributed by atoms with Crippen molar-refractivity contribution in [3.8, 4) is 0 Å². The van der Waals surface area contributed by atoms with Crippen molar-refractivity contribution in [1.82, 2.24) is 5.32 Å². The maximum atomic E-state index is 10.2. The van der Waals surface area contributed by atoms with Crippen LogP contribution in [0.15, 0.2) is 18.2 Å². The lowest BCUT2D eigenvalue weighted by Crippen LogP contribution is -2.20. The van der Waals surface area contributed by atoms with E-state index in [1.165, 1.54) is 0 Å². The van der Waals surface area contributed by atoms with Crippen molar-refractivity contribution in [2.75, 3.05) is 0 Å². The zero-order valence-corrected chi connectivity index (χ0v) is 9.46. The molecule has 1 aromatic carbocycles. The third-order valence-electron chi connectivity index (χ3n) is 1.44. The summed E-state index contributed by atoms with van der Waals surface area (Å²) in [6.07, 6.45) is -1.05. The van der Waals surface area contributed by atoms with Gasteiger partial charge in [0.25, 0.3) is 0 Å². The lowest BCUT2D eigenvalue weighted by molar-refractivity contribution is 0.194. The Morgan fingerprint density at radius 2 is 2.31 bits per heavy atom. The number of nitrogens with one attached hydrogen (secondary N) is 1. The van der Waals surface area contributed by atoms with Crippen molar-refractivity contribution in [3.63, 3.8) is 0 Å². The van der Waals surface area contributed by atoms with Gasteiger partial charge in [0.05, 0.1) is 0 Å². The van der Waals surface area contributed by atoms with Crippen LogP contribution >= 0.6 is 34.2 Å². The molecule has 0 saturated heterocycles. The van der Waals surface area contributed by atoms with E-state index in [2.05, 4.69) is 27.9 Å². The average Bonchev–Trinajstić information content (AvgIpc) is 2.06. The molecular formula is C8H7ClINO2. The van der Waals surface area contributed by atoms with Gasteiger partial charge >= 0.3 is 6.09 Å². The van der Waals surface area contributed by atoms with Crippen molar-refractivity contribution in [2.45, 2.75) is 6.54 Å². The Balaban J connectivity index is 2.75. The minimum Gasteiger partial charge on any atom is -0.465 e. The maximum Gasteiger partial charge on any atom is 0.404 e. The molecule has 0 fully saturated rings. The molecule has 0 unspecified atom stereocenters. The molecular weight excluding hydrogens is 304 g/mol. The molecule has 1 amide bonds. The molecule has 0 spiro atoms. The van der Waals surface area contributed by atoms with Gasteiger partial charge in [-0.1, -0.05) is 11.6 Å². The van der Waals surface area contributed by atoms with Crippen LogP contribution in [0.2, 0.25) is 5.02 Å². The molecule has 0 radical (unpaired) electrons. The van der Waals surface area contributed by atoms with Crippen LogP contribution in [0.25, 0.3) is 0 Å². The minimum atomic E-state index is -1.05. The number of hydrogen-bond donors (Lipinski definition) is 2. The van der Waals surface area contributed by atoms with Crippen molar-refractivity contribution >= 4 is 40.3 Å². The van der Waals surface area contributed by atoms with Gasteiger partial charge in [-0.2, -0.15) is 0 Å². The lowest BCUT2D eigenvalue weighted by atomic mass is 10.2. The summed E-state index contributed by atoms with van der Waals surface area (Å²) in [7, 11) is 0. The van der Waals surface area contributed by atoms with Crippen LogP contribution in [0.4, 0.5) is 4.79 Å². The number of hydrogen-bond acceptors (Lipinski definition) is 1. The number of carboxylic acid groups (broad SMARTS) is 1. The fourth-order valence-electron chi connectivity index (χ4n) is 0.850. The van der Waals surface area contributed by atoms with Crippen LogP contribution < -0.4 is 5.32 Å². The Labute approximate surface area is 94.2 Å². The Morgan fingerprint density at radius 3 is 2.92 bits per heavy atom. The highest BCUT2D eigenvalue weighted by Crippen LogP contribution is 2.18. The second-order valence-electron chi connectivity index (χ2n) is 2.39. The fourth-order valence-corrected chi connectivity index (χ4v) is 1.59. The van der Waals surface area contributed by atoms with Gasteiger partial charge in [-0.25, -0.2) is 4.79 Å². The van der Waals surface area contributed by atoms with Gasteiger partial charge in [-0.05, 0) is 46.4 Å². The molecule has 5 heteroatoms. The van der Waals surface area contributed by atoms with E-state index in [0.717, 1.165) is 9.13 Å². The first kappa shape index (κ1) is 10.6. The number of amides is 1. The van der Waals surface area contributed by atoms with Gasteiger partial charge in [0.2, 0.25) is 0 Å². The average molecular weight is 312 g/mol. The van der Waals surface area contributed by atoms with E-state index in [9.17, 15) is 4.79 Å². The first-order valence-corrected chi connectivity index (χ1v) is 4.96. The van der Waals surface area contributed by atoms with E-state index in [1.54, 1.807) is 6.07 Å². The van der Waals surface area contributed by atoms with Crippen molar-refractivity contribution in [1.29, 1.82) is 0 Å². The first-order chi connectivity index (χ1) is 6.09. The van der Waals surface area contributed by atoms with Crippen molar-refractivity contribution in [3.05, 3.63) is 32.4 Å².